The summed E-state index contributed by atoms with van der Waals surface area (Å²) in [5.74, 6) is -1.14. The Morgan fingerprint density at radius 3 is 2.89 bits per heavy atom. The van der Waals surface area contributed by atoms with E-state index < -0.39 is 22.4 Å². The highest BCUT2D eigenvalue weighted by atomic mass is 32.2. The zero-order valence-corrected chi connectivity index (χ0v) is 10.6. The van der Waals surface area contributed by atoms with Crippen molar-refractivity contribution in [3.8, 4) is 0 Å². The van der Waals surface area contributed by atoms with Crippen LogP contribution < -0.4 is 5.73 Å². The average molecular weight is 275 g/mol. The quantitative estimate of drug-likeness (QED) is 0.904. The Kier molecular flexibility index (Phi) is 4.42. The summed E-state index contributed by atoms with van der Waals surface area (Å²) in [6.07, 6.45) is 0.838. The van der Waals surface area contributed by atoms with Gasteiger partial charge in [0.05, 0.1) is 22.3 Å². The van der Waals surface area contributed by atoms with Crippen LogP contribution >= 0.6 is 0 Å². The van der Waals surface area contributed by atoms with E-state index in [1.54, 1.807) is 0 Å². The Balaban J connectivity index is 2.02. The second-order valence-corrected chi connectivity index (χ2v) is 5.84. The number of hydrogen-bond donors (Lipinski definition) is 1. The van der Waals surface area contributed by atoms with Crippen LogP contribution in [0.2, 0.25) is 0 Å². The van der Waals surface area contributed by atoms with Crippen LogP contribution in [0.5, 0.6) is 0 Å². The van der Waals surface area contributed by atoms with Crippen molar-refractivity contribution in [1.82, 2.24) is 0 Å². The smallest absolute Gasteiger partial charge is 0.142 e. The molecule has 0 saturated carbocycles. The molecule has 18 heavy (non-hydrogen) atoms. The average Bonchev–Trinajstić information content (AvgIpc) is 2.81. The van der Waals surface area contributed by atoms with Crippen LogP contribution in [0.1, 0.15) is 6.42 Å². The minimum Gasteiger partial charge on any atom is -0.381 e. The predicted octanol–water partition coefficient (Wildman–Crippen LogP) is 1.44. The minimum absolute atomic E-state index is 0.00534. The fourth-order valence-corrected chi connectivity index (χ4v) is 3.25. The van der Waals surface area contributed by atoms with Crippen LogP contribution in [0, 0.1) is 17.6 Å². The van der Waals surface area contributed by atoms with Gasteiger partial charge in [-0.25, -0.2) is 8.78 Å². The molecular formula is C12H15F2NO2S. The maximum Gasteiger partial charge on any atom is 0.142 e. The molecule has 3 nitrogen and oxygen atoms in total. The summed E-state index contributed by atoms with van der Waals surface area (Å²) >= 11 is 0. The summed E-state index contributed by atoms with van der Waals surface area (Å²) < 4.78 is 43.3. The second kappa shape index (κ2) is 5.86. The lowest BCUT2D eigenvalue weighted by molar-refractivity contribution is 0.182. The molecule has 1 heterocycles. The molecule has 1 fully saturated rings. The van der Waals surface area contributed by atoms with E-state index in [1.165, 1.54) is 6.07 Å². The van der Waals surface area contributed by atoms with Crippen molar-refractivity contribution in [3.05, 3.63) is 29.8 Å². The summed E-state index contributed by atoms with van der Waals surface area (Å²) in [4.78, 5) is 0.00534. The Morgan fingerprint density at radius 1 is 1.50 bits per heavy atom. The third-order valence-electron chi connectivity index (χ3n) is 3.05. The third kappa shape index (κ3) is 3.13. The van der Waals surface area contributed by atoms with Gasteiger partial charge in [0.2, 0.25) is 0 Å². The molecule has 0 aliphatic carbocycles. The fraction of sp³-hybridized carbons (Fsp3) is 0.500. The van der Waals surface area contributed by atoms with Crippen molar-refractivity contribution >= 4 is 10.8 Å². The fourth-order valence-electron chi connectivity index (χ4n) is 1.95. The molecule has 1 saturated heterocycles. The van der Waals surface area contributed by atoms with Crippen molar-refractivity contribution < 1.29 is 17.7 Å². The van der Waals surface area contributed by atoms with E-state index in [1.807, 2.05) is 0 Å². The van der Waals surface area contributed by atoms with Gasteiger partial charge >= 0.3 is 0 Å². The minimum atomic E-state index is -1.55. The van der Waals surface area contributed by atoms with Crippen molar-refractivity contribution in [3.63, 3.8) is 0 Å². The van der Waals surface area contributed by atoms with E-state index in [-0.39, 0.29) is 22.6 Å². The maximum atomic E-state index is 13.4. The van der Waals surface area contributed by atoms with Crippen molar-refractivity contribution in [2.24, 2.45) is 11.7 Å². The molecule has 0 amide bonds. The van der Waals surface area contributed by atoms with E-state index in [9.17, 15) is 13.0 Å². The van der Waals surface area contributed by atoms with E-state index in [2.05, 4.69) is 0 Å². The Morgan fingerprint density at radius 2 is 2.28 bits per heavy atom. The van der Waals surface area contributed by atoms with Crippen LogP contribution in [-0.2, 0) is 15.5 Å². The number of rotatable bonds is 4. The first-order chi connectivity index (χ1) is 8.58. The van der Waals surface area contributed by atoms with Crippen LogP contribution in [0.15, 0.2) is 23.1 Å². The number of benzene rings is 1. The lowest BCUT2D eigenvalue weighted by Crippen LogP contribution is -2.35. The van der Waals surface area contributed by atoms with E-state index in [0.29, 0.717) is 13.2 Å². The van der Waals surface area contributed by atoms with Crippen molar-refractivity contribution in [1.29, 1.82) is 0 Å². The number of nitrogens with two attached hydrogens (primary N) is 1. The molecule has 2 rings (SSSR count). The number of hydrogen-bond acceptors (Lipinski definition) is 3. The van der Waals surface area contributed by atoms with Gasteiger partial charge in [-0.2, -0.15) is 0 Å². The molecule has 100 valence electrons. The van der Waals surface area contributed by atoms with Crippen LogP contribution in [0.4, 0.5) is 8.78 Å². The van der Waals surface area contributed by atoms with Crippen LogP contribution in [0.25, 0.3) is 0 Å². The lowest BCUT2D eigenvalue weighted by atomic mass is 10.0. The predicted molar refractivity (Wildman–Crippen MR) is 64.5 cm³/mol. The van der Waals surface area contributed by atoms with Gasteiger partial charge in [0.25, 0.3) is 0 Å². The second-order valence-electron chi connectivity index (χ2n) is 4.37. The van der Waals surface area contributed by atoms with Crippen molar-refractivity contribution in [2.75, 3.05) is 19.0 Å². The summed E-state index contributed by atoms with van der Waals surface area (Å²) in [6, 6.07) is 2.74. The first kappa shape index (κ1) is 13.6. The van der Waals surface area contributed by atoms with Gasteiger partial charge in [-0.05, 0) is 18.6 Å². The molecule has 0 bridgehead atoms. The molecule has 1 aromatic carbocycles. The highest BCUT2D eigenvalue weighted by Gasteiger charge is 2.25. The molecule has 1 aliphatic rings. The van der Waals surface area contributed by atoms with Gasteiger partial charge in [0, 0.05) is 30.4 Å². The summed E-state index contributed by atoms with van der Waals surface area (Å²) in [6.45, 7) is 1.22. The molecule has 0 spiro atoms. The molecular weight excluding hydrogens is 260 g/mol. The largest absolute Gasteiger partial charge is 0.381 e. The molecule has 2 N–H and O–H groups in total. The van der Waals surface area contributed by atoms with Crippen LogP contribution in [-0.4, -0.2) is 29.2 Å². The monoisotopic (exact) mass is 275 g/mol. The highest BCUT2D eigenvalue weighted by molar-refractivity contribution is 7.85. The standard InChI is InChI=1S/C12H15F2NO2S/c13-9-1-2-12(10(14)5-9)18(16)7-11(15)8-3-4-17-6-8/h1-2,5,8,11H,3-4,6-7,15H2. The first-order valence-electron chi connectivity index (χ1n) is 5.74. The first-order valence-corrected chi connectivity index (χ1v) is 7.06. The topological polar surface area (TPSA) is 52.3 Å². The van der Waals surface area contributed by atoms with Gasteiger partial charge < -0.3 is 10.5 Å². The maximum absolute atomic E-state index is 13.4. The van der Waals surface area contributed by atoms with Gasteiger partial charge in [0.15, 0.2) is 0 Å². The van der Waals surface area contributed by atoms with Gasteiger partial charge in [-0.1, -0.05) is 0 Å². The van der Waals surface area contributed by atoms with E-state index >= 15 is 0 Å². The number of halogens is 2. The SMILES string of the molecule is NC(CS(=O)c1ccc(F)cc1F)C1CCOC1. The summed E-state index contributed by atoms with van der Waals surface area (Å²) in [5, 5.41) is 0. The summed E-state index contributed by atoms with van der Waals surface area (Å²) in [7, 11) is -1.55. The zero-order valence-electron chi connectivity index (χ0n) is 9.77. The molecule has 1 aromatic rings. The Labute approximate surface area is 107 Å². The zero-order chi connectivity index (χ0) is 13.1. The van der Waals surface area contributed by atoms with Crippen LogP contribution in [0.3, 0.4) is 0 Å². The highest BCUT2D eigenvalue weighted by Crippen LogP contribution is 2.19. The van der Waals surface area contributed by atoms with E-state index in [0.717, 1.165) is 18.6 Å². The summed E-state index contributed by atoms with van der Waals surface area (Å²) in [5.41, 5.74) is 5.93. The third-order valence-corrected chi connectivity index (χ3v) is 4.56. The van der Waals surface area contributed by atoms with Gasteiger partial charge in [-0.15, -0.1) is 0 Å². The Hall–Kier alpha value is -0.850. The molecule has 0 aromatic heterocycles. The van der Waals surface area contributed by atoms with Gasteiger partial charge in [0.1, 0.15) is 11.6 Å². The molecule has 3 atom stereocenters. The van der Waals surface area contributed by atoms with Crippen molar-refractivity contribution in [2.45, 2.75) is 17.4 Å². The molecule has 1 aliphatic heterocycles. The number of ether oxygens (including phenoxy) is 1. The molecule has 6 heteroatoms. The molecule has 0 radical (unpaired) electrons. The van der Waals surface area contributed by atoms with E-state index in [4.69, 9.17) is 10.5 Å². The normalized spacial score (nSPS) is 22.9. The Bertz CT molecular complexity index is 450. The van der Waals surface area contributed by atoms with Gasteiger partial charge in [-0.3, -0.25) is 4.21 Å². The molecule has 3 unspecified atom stereocenters. The lowest BCUT2D eigenvalue weighted by Gasteiger charge is -2.17.